The third kappa shape index (κ3) is 3.22. The predicted molar refractivity (Wildman–Crippen MR) is 77.5 cm³/mol. The van der Waals surface area contributed by atoms with Crippen molar-refractivity contribution in [1.29, 1.82) is 0 Å². The largest absolute Gasteiger partial charge is 0.497 e. The number of hydrogen-bond donors (Lipinski definition) is 2. The molecule has 2 N–H and O–H groups in total. The summed E-state index contributed by atoms with van der Waals surface area (Å²) in [6, 6.07) is 5.43. The summed E-state index contributed by atoms with van der Waals surface area (Å²) in [5, 5.41) is 6.42. The van der Waals surface area contributed by atoms with Crippen molar-refractivity contribution in [3.05, 3.63) is 23.8 Å². The molecule has 0 spiro atoms. The standard InChI is InChI=1S/C15H22N2O3/c1-10-9-16-7-6-13(10)17-15(18)12-5-4-11(19-2)8-14(12)20-3/h4-5,8,10,13,16H,6-7,9H2,1-3H3,(H,17,18)/t10-,13+/m0/s1. The van der Waals surface area contributed by atoms with Gasteiger partial charge >= 0.3 is 0 Å². The van der Waals surface area contributed by atoms with Crippen LogP contribution in [0, 0.1) is 5.92 Å². The van der Waals surface area contributed by atoms with Crippen molar-refractivity contribution in [2.24, 2.45) is 5.92 Å². The van der Waals surface area contributed by atoms with Crippen molar-refractivity contribution in [3.8, 4) is 11.5 Å². The van der Waals surface area contributed by atoms with Crippen molar-refractivity contribution >= 4 is 5.91 Å². The number of piperidine rings is 1. The summed E-state index contributed by atoms with van der Waals surface area (Å²) in [7, 11) is 3.14. The van der Waals surface area contributed by atoms with E-state index in [1.165, 1.54) is 0 Å². The number of carbonyl (C=O) groups is 1. The maximum Gasteiger partial charge on any atom is 0.255 e. The molecule has 1 aromatic rings. The Bertz CT molecular complexity index is 476. The molecule has 20 heavy (non-hydrogen) atoms. The molecule has 5 heteroatoms. The van der Waals surface area contributed by atoms with Crippen LogP contribution < -0.4 is 20.1 Å². The van der Waals surface area contributed by atoms with Crippen molar-refractivity contribution < 1.29 is 14.3 Å². The minimum absolute atomic E-state index is 0.0942. The number of methoxy groups -OCH3 is 2. The lowest BCUT2D eigenvalue weighted by atomic mass is 9.95. The van der Waals surface area contributed by atoms with Crippen molar-refractivity contribution in [2.45, 2.75) is 19.4 Å². The summed E-state index contributed by atoms with van der Waals surface area (Å²) < 4.78 is 10.4. The van der Waals surface area contributed by atoms with Gasteiger partial charge in [-0.15, -0.1) is 0 Å². The highest BCUT2D eigenvalue weighted by atomic mass is 16.5. The summed E-state index contributed by atoms with van der Waals surface area (Å²) >= 11 is 0. The molecule has 0 aliphatic carbocycles. The number of amides is 1. The molecule has 1 saturated heterocycles. The highest BCUT2D eigenvalue weighted by molar-refractivity contribution is 5.97. The normalized spacial score (nSPS) is 22.1. The third-order valence-corrected chi connectivity index (χ3v) is 3.76. The molecular formula is C15H22N2O3. The first-order valence-corrected chi connectivity index (χ1v) is 6.89. The van der Waals surface area contributed by atoms with Crippen LogP contribution in [-0.4, -0.2) is 39.3 Å². The molecule has 0 aromatic heterocycles. The quantitative estimate of drug-likeness (QED) is 0.875. The Morgan fingerprint density at radius 2 is 2.15 bits per heavy atom. The average Bonchev–Trinajstić information content (AvgIpc) is 2.48. The number of nitrogens with one attached hydrogen (secondary N) is 2. The Hall–Kier alpha value is -1.75. The van der Waals surface area contributed by atoms with Gasteiger partial charge in [-0.3, -0.25) is 4.79 Å². The molecule has 1 aliphatic rings. The van der Waals surface area contributed by atoms with Crippen LogP contribution in [0.25, 0.3) is 0 Å². The van der Waals surface area contributed by atoms with E-state index < -0.39 is 0 Å². The molecule has 1 aliphatic heterocycles. The van der Waals surface area contributed by atoms with Crippen LogP contribution in [0.15, 0.2) is 18.2 Å². The molecular weight excluding hydrogens is 256 g/mol. The van der Waals surface area contributed by atoms with Crippen LogP contribution in [-0.2, 0) is 0 Å². The fourth-order valence-corrected chi connectivity index (χ4v) is 2.46. The zero-order valence-corrected chi connectivity index (χ0v) is 12.2. The van der Waals surface area contributed by atoms with Crippen LogP contribution in [0.1, 0.15) is 23.7 Å². The second-order valence-electron chi connectivity index (χ2n) is 5.12. The van der Waals surface area contributed by atoms with Crippen molar-refractivity contribution in [2.75, 3.05) is 27.3 Å². The van der Waals surface area contributed by atoms with E-state index in [-0.39, 0.29) is 11.9 Å². The van der Waals surface area contributed by atoms with Crippen molar-refractivity contribution in [1.82, 2.24) is 10.6 Å². The van der Waals surface area contributed by atoms with Crippen LogP contribution in [0.2, 0.25) is 0 Å². The van der Waals surface area contributed by atoms with Gasteiger partial charge in [0, 0.05) is 12.1 Å². The predicted octanol–water partition coefficient (Wildman–Crippen LogP) is 1.43. The Balaban J connectivity index is 2.12. The van der Waals surface area contributed by atoms with Gasteiger partial charge in [0.15, 0.2) is 0 Å². The number of hydrogen-bond acceptors (Lipinski definition) is 4. The lowest BCUT2D eigenvalue weighted by Crippen LogP contribution is -2.48. The molecule has 1 amide bonds. The lowest BCUT2D eigenvalue weighted by Gasteiger charge is -2.30. The second-order valence-corrected chi connectivity index (χ2v) is 5.12. The zero-order chi connectivity index (χ0) is 14.5. The highest BCUT2D eigenvalue weighted by Crippen LogP contribution is 2.25. The Kier molecular flexibility index (Phi) is 4.84. The molecule has 1 heterocycles. The van der Waals surface area contributed by atoms with E-state index >= 15 is 0 Å². The Morgan fingerprint density at radius 1 is 1.35 bits per heavy atom. The molecule has 1 aromatic carbocycles. The monoisotopic (exact) mass is 278 g/mol. The number of ether oxygens (including phenoxy) is 2. The molecule has 110 valence electrons. The van der Waals surface area contributed by atoms with E-state index in [0.29, 0.717) is 23.0 Å². The smallest absolute Gasteiger partial charge is 0.255 e. The van der Waals surface area contributed by atoms with Crippen LogP contribution in [0.3, 0.4) is 0 Å². The number of benzene rings is 1. The summed E-state index contributed by atoms with van der Waals surface area (Å²) in [5.74, 6) is 1.54. The molecule has 5 nitrogen and oxygen atoms in total. The third-order valence-electron chi connectivity index (χ3n) is 3.76. The number of rotatable bonds is 4. The van der Waals surface area contributed by atoms with Gasteiger partial charge in [0.25, 0.3) is 5.91 Å². The first-order valence-electron chi connectivity index (χ1n) is 6.89. The maximum atomic E-state index is 12.4. The fraction of sp³-hybridized carbons (Fsp3) is 0.533. The molecule has 0 bridgehead atoms. The molecule has 0 saturated carbocycles. The summed E-state index contributed by atoms with van der Waals surface area (Å²) in [5.41, 5.74) is 0.541. The van der Waals surface area contributed by atoms with Gasteiger partial charge in [-0.1, -0.05) is 6.92 Å². The van der Waals surface area contributed by atoms with Gasteiger partial charge in [-0.2, -0.15) is 0 Å². The van der Waals surface area contributed by atoms with Crippen LogP contribution >= 0.6 is 0 Å². The first kappa shape index (κ1) is 14.7. The molecule has 1 fully saturated rings. The van der Waals surface area contributed by atoms with Crippen LogP contribution in [0.4, 0.5) is 0 Å². The SMILES string of the molecule is COc1ccc(C(=O)N[C@@H]2CCNC[C@@H]2C)c(OC)c1. The highest BCUT2D eigenvalue weighted by Gasteiger charge is 2.24. The van der Waals surface area contributed by atoms with E-state index in [0.717, 1.165) is 19.5 Å². The number of carbonyl (C=O) groups excluding carboxylic acids is 1. The van der Waals surface area contributed by atoms with Gasteiger partial charge in [0.2, 0.25) is 0 Å². The second kappa shape index (κ2) is 6.61. The maximum absolute atomic E-state index is 12.4. The van der Waals surface area contributed by atoms with Gasteiger partial charge in [0.05, 0.1) is 19.8 Å². The van der Waals surface area contributed by atoms with Gasteiger partial charge in [-0.25, -0.2) is 0 Å². The molecule has 0 radical (unpaired) electrons. The van der Waals surface area contributed by atoms with Gasteiger partial charge < -0.3 is 20.1 Å². The van der Waals surface area contributed by atoms with E-state index in [1.807, 2.05) is 0 Å². The van der Waals surface area contributed by atoms with E-state index in [4.69, 9.17) is 9.47 Å². The summed E-state index contributed by atoms with van der Waals surface area (Å²) in [6.45, 7) is 4.02. The molecule has 0 unspecified atom stereocenters. The summed E-state index contributed by atoms with van der Waals surface area (Å²) in [6.07, 6.45) is 0.950. The Labute approximate surface area is 119 Å². The first-order chi connectivity index (χ1) is 9.65. The van der Waals surface area contributed by atoms with E-state index in [1.54, 1.807) is 32.4 Å². The van der Waals surface area contributed by atoms with E-state index in [2.05, 4.69) is 17.6 Å². The van der Waals surface area contributed by atoms with Crippen LogP contribution in [0.5, 0.6) is 11.5 Å². The molecule has 2 rings (SSSR count). The minimum atomic E-state index is -0.0942. The fourth-order valence-electron chi connectivity index (χ4n) is 2.46. The Morgan fingerprint density at radius 3 is 2.80 bits per heavy atom. The topological polar surface area (TPSA) is 59.6 Å². The average molecular weight is 278 g/mol. The van der Waals surface area contributed by atoms with E-state index in [9.17, 15) is 4.79 Å². The molecule has 2 atom stereocenters. The van der Waals surface area contributed by atoms with Gasteiger partial charge in [-0.05, 0) is 37.6 Å². The van der Waals surface area contributed by atoms with Gasteiger partial charge in [0.1, 0.15) is 11.5 Å². The van der Waals surface area contributed by atoms with Crippen molar-refractivity contribution in [3.63, 3.8) is 0 Å². The summed E-state index contributed by atoms with van der Waals surface area (Å²) in [4.78, 5) is 12.4. The minimum Gasteiger partial charge on any atom is -0.497 e. The lowest BCUT2D eigenvalue weighted by molar-refractivity contribution is 0.0911. The zero-order valence-electron chi connectivity index (χ0n) is 12.2.